The van der Waals surface area contributed by atoms with E-state index in [2.05, 4.69) is 24.9 Å². The van der Waals surface area contributed by atoms with Crippen LogP contribution in [-0.2, 0) is 0 Å². The van der Waals surface area contributed by atoms with Gasteiger partial charge in [0.15, 0.2) is 0 Å². The molecule has 0 unspecified atom stereocenters. The van der Waals surface area contributed by atoms with Crippen molar-refractivity contribution >= 4 is 0 Å². The van der Waals surface area contributed by atoms with E-state index in [0.29, 0.717) is 0 Å². The summed E-state index contributed by atoms with van der Waals surface area (Å²) in [6, 6.07) is 2.23. The van der Waals surface area contributed by atoms with E-state index in [1.807, 2.05) is 6.20 Å². The van der Waals surface area contributed by atoms with Crippen LogP contribution in [0.3, 0.4) is 0 Å². The molecule has 0 spiro atoms. The molecule has 1 aliphatic rings. The van der Waals surface area contributed by atoms with Gasteiger partial charge in [-0.05, 0) is 43.9 Å². The van der Waals surface area contributed by atoms with Gasteiger partial charge in [0.2, 0.25) is 0 Å². The van der Waals surface area contributed by atoms with E-state index in [1.165, 1.54) is 29.7 Å². The second-order valence-corrected chi connectivity index (χ2v) is 3.47. The Kier molecular flexibility index (Phi) is 1.45. The fraction of sp³-hybridized carbons (Fsp3) is 0.500. The maximum Gasteiger partial charge on any atom is 0.0437 e. The van der Waals surface area contributed by atoms with E-state index in [0.717, 1.165) is 5.92 Å². The highest BCUT2D eigenvalue weighted by Crippen LogP contribution is 2.39. The molecule has 0 radical (unpaired) electrons. The van der Waals surface area contributed by atoms with Crippen molar-refractivity contribution in [3.8, 4) is 0 Å². The second kappa shape index (κ2) is 2.33. The number of hydrogen-bond acceptors (Lipinski definition) is 1. The maximum atomic E-state index is 4.40. The van der Waals surface area contributed by atoms with Gasteiger partial charge in [0, 0.05) is 17.8 Å². The largest absolute Gasteiger partial charge is 0.261 e. The van der Waals surface area contributed by atoms with Crippen molar-refractivity contribution in [3.05, 3.63) is 29.1 Å². The van der Waals surface area contributed by atoms with Gasteiger partial charge in [-0.2, -0.15) is 0 Å². The Morgan fingerprint density at radius 2 is 2.00 bits per heavy atom. The lowest BCUT2D eigenvalue weighted by Crippen LogP contribution is -1.89. The van der Waals surface area contributed by atoms with Crippen LogP contribution >= 0.6 is 0 Å². The molecule has 1 saturated carbocycles. The predicted molar refractivity (Wildman–Crippen MR) is 45.7 cm³/mol. The zero-order valence-electron chi connectivity index (χ0n) is 7.09. The van der Waals surface area contributed by atoms with Crippen LogP contribution in [0.1, 0.15) is 35.6 Å². The van der Waals surface area contributed by atoms with Crippen molar-refractivity contribution in [3.63, 3.8) is 0 Å². The summed E-state index contributed by atoms with van der Waals surface area (Å²) in [6.07, 6.45) is 4.67. The average molecular weight is 147 g/mol. The van der Waals surface area contributed by atoms with Crippen LogP contribution in [0.2, 0.25) is 0 Å². The first-order valence-corrected chi connectivity index (χ1v) is 4.20. The summed E-state index contributed by atoms with van der Waals surface area (Å²) >= 11 is 0. The lowest BCUT2D eigenvalue weighted by Gasteiger charge is -2.01. The lowest BCUT2D eigenvalue weighted by molar-refractivity contribution is 1.00. The third-order valence-electron chi connectivity index (χ3n) is 2.39. The molecule has 0 amide bonds. The van der Waals surface area contributed by atoms with E-state index in [4.69, 9.17) is 0 Å². The van der Waals surface area contributed by atoms with Gasteiger partial charge in [-0.15, -0.1) is 0 Å². The Morgan fingerprint density at radius 3 is 2.55 bits per heavy atom. The van der Waals surface area contributed by atoms with Gasteiger partial charge in [-0.1, -0.05) is 0 Å². The number of aryl methyl sites for hydroxylation is 2. The molecule has 58 valence electrons. The van der Waals surface area contributed by atoms with Crippen LogP contribution < -0.4 is 0 Å². The topological polar surface area (TPSA) is 12.9 Å². The average Bonchev–Trinajstić information content (AvgIpc) is 2.77. The summed E-state index contributed by atoms with van der Waals surface area (Å²) in [5.74, 6) is 0.786. The molecule has 0 atom stereocenters. The van der Waals surface area contributed by atoms with E-state index in [9.17, 15) is 0 Å². The fourth-order valence-electron chi connectivity index (χ4n) is 1.25. The third-order valence-corrected chi connectivity index (χ3v) is 2.39. The molecular formula is C10H13N. The standard InChI is InChI=1S/C10H13N/c1-7-5-10(9-3-4-9)11-6-8(7)2/h5-6,9H,3-4H2,1-2H3. The first kappa shape index (κ1) is 6.84. The van der Waals surface area contributed by atoms with Crippen molar-refractivity contribution in [2.24, 2.45) is 0 Å². The summed E-state index contributed by atoms with van der Waals surface area (Å²) in [6.45, 7) is 4.27. The molecule has 1 aromatic rings. The van der Waals surface area contributed by atoms with Crippen molar-refractivity contribution in [1.29, 1.82) is 0 Å². The number of aromatic nitrogens is 1. The Morgan fingerprint density at radius 1 is 1.27 bits per heavy atom. The number of pyridine rings is 1. The zero-order valence-corrected chi connectivity index (χ0v) is 7.09. The lowest BCUT2D eigenvalue weighted by atomic mass is 10.1. The first-order chi connectivity index (χ1) is 5.27. The minimum Gasteiger partial charge on any atom is -0.261 e. The Bertz CT molecular complexity index is 274. The van der Waals surface area contributed by atoms with E-state index in [1.54, 1.807) is 0 Å². The fourth-order valence-corrected chi connectivity index (χ4v) is 1.25. The highest BCUT2D eigenvalue weighted by molar-refractivity contribution is 5.27. The molecule has 1 heterocycles. The van der Waals surface area contributed by atoms with Gasteiger partial charge >= 0.3 is 0 Å². The monoisotopic (exact) mass is 147 g/mol. The van der Waals surface area contributed by atoms with Crippen LogP contribution in [0.5, 0.6) is 0 Å². The molecule has 0 bridgehead atoms. The van der Waals surface area contributed by atoms with Crippen LogP contribution in [0.25, 0.3) is 0 Å². The van der Waals surface area contributed by atoms with E-state index < -0.39 is 0 Å². The number of rotatable bonds is 1. The van der Waals surface area contributed by atoms with Crippen molar-refractivity contribution in [2.75, 3.05) is 0 Å². The van der Waals surface area contributed by atoms with E-state index >= 15 is 0 Å². The summed E-state index contributed by atoms with van der Waals surface area (Å²) in [5, 5.41) is 0. The molecule has 0 N–H and O–H groups in total. The molecule has 11 heavy (non-hydrogen) atoms. The van der Waals surface area contributed by atoms with Gasteiger partial charge in [0.25, 0.3) is 0 Å². The van der Waals surface area contributed by atoms with Crippen molar-refractivity contribution < 1.29 is 0 Å². The van der Waals surface area contributed by atoms with Gasteiger partial charge in [0.05, 0.1) is 0 Å². The van der Waals surface area contributed by atoms with Gasteiger partial charge in [0.1, 0.15) is 0 Å². The van der Waals surface area contributed by atoms with Crippen LogP contribution in [0.15, 0.2) is 12.3 Å². The number of hydrogen-bond donors (Lipinski definition) is 0. The minimum atomic E-state index is 0.786. The van der Waals surface area contributed by atoms with Gasteiger partial charge in [-0.25, -0.2) is 0 Å². The highest BCUT2D eigenvalue weighted by atomic mass is 14.7. The second-order valence-electron chi connectivity index (χ2n) is 3.47. The molecule has 1 aromatic heterocycles. The maximum absolute atomic E-state index is 4.40. The Balaban J connectivity index is 2.36. The molecule has 0 aromatic carbocycles. The van der Waals surface area contributed by atoms with E-state index in [-0.39, 0.29) is 0 Å². The minimum absolute atomic E-state index is 0.786. The molecule has 1 fully saturated rings. The van der Waals surface area contributed by atoms with Gasteiger partial charge < -0.3 is 0 Å². The molecule has 1 heteroatoms. The quantitative estimate of drug-likeness (QED) is 0.595. The third kappa shape index (κ3) is 1.28. The smallest absolute Gasteiger partial charge is 0.0437 e. The SMILES string of the molecule is Cc1cnc(C2CC2)cc1C. The van der Waals surface area contributed by atoms with Crippen molar-refractivity contribution in [2.45, 2.75) is 32.6 Å². The molecule has 0 aliphatic heterocycles. The summed E-state index contributed by atoms with van der Waals surface area (Å²) in [7, 11) is 0. The van der Waals surface area contributed by atoms with Crippen LogP contribution in [0.4, 0.5) is 0 Å². The summed E-state index contributed by atoms with van der Waals surface area (Å²) in [5.41, 5.74) is 3.98. The normalized spacial score (nSPS) is 16.9. The van der Waals surface area contributed by atoms with Crippen LogP contribution in [0, 0.1) is 13.8 Å². The summed E-state index contributed by atoms with van der Waals surface area (Å²) in [4.78, 5) is 4.40. The first-order valence-electron chi connectivity index (χ1n) is 4.20. The summed E-state index contributed by atoms with van der Waals surface area (Å²) < 4.78 is 0. The molecule has 2 rings (SSSR count). The molecule has 1 aliphatic carbocycles. The highest BCUT2D eigenvalue weighted by Gasteiger charge is 2.24. The van der Waals surface area contributed by atoms with Gasteiger partial charge in [-0.3, -0.25) is 4.98 Å². The number of nitrogens with zero attached hydrogens (tertiary/aromatic N) is 1. The Hall–Kier alpha value is -0.850. The Labute approximate surface area is 67.5 Å². The van der Waals surface area contributed by atoms with Crippen molar-refractivity contribution in [1.82, 2.24) is 4.98 Å². The predicted octanol–water partition coefficient (Wildman–Crippen LogP) is 2.58. The molecular weight excluding hydrogens is 134 g/mol. The van der Waals surface area contributed by atoms with Crippen LogP contribution in [-0.4, -0.2) is 4.98 Å². The zero-order chi connectivity index (χ0) is 7.84. The molecule has 0 saturated heterocycles. The molecule has 1 nitrogen and oxygen atoms in total.